The lowest BCUT2D eigenvalue weighted by atomic mass is 10.1. The quantitative estimate of drug-likeness (QED) is 0.761. The zero-order valence-electron chi connectivity index (χ0n) is 8.97. The summed E-state index contributed by atoms with van der Waals surface area (Å²) in [4.78, 5) is 25.7. The van der Waals surface area contributed by atoms with Crippen molar-refractivity contribution < 1.29 is 19.4 Å². The fraction of sp³-hybridized carbons (Fsp3) is 0.364. The minimum Gasteiger partial charge on any atom is -0.477 e. The van der Waals surface area contributed by atoms with Gasteiger partial charge in [-0.2, -0.15) is 0 Å². The minimum atomic E-state index is -1.08. The molecule has 5 nitrogen and oxygen atoms in total. The third-order valence-electron chi connectivity index (χ3n) is 2.00. The van der Waals surface area contributed by atoms with Gasteiger partial charge < -0.3 is 9.84 Å². The molecule has 16 heavy (non-hydrogen) atoms. The van der Waals surface area contributed by atoms with Gasteiger partial charge in [-0.3, -0.25) is 4.79 Å². The van der Waals surface area contributed by atoms with Gasteiger partial charge in [-0.15, -0.1) is 0 Å². The van der Waals surface area contributed by atoms with E-state index in [-0.39, 0.29) is 18.1 Å². The fourth-order valence-electron chi connectivity index (χ4n) is 1.30. The average molecular weight is 223 g/mol. The molecule has 1 N–H and O–H groups in total. The van der Waals surface area contributed by atoms with Gasteiger partial charge in [0.1, 0.15) is 0 Å². The molecule has 0 fully saturated rings. The SMILES string of the molecule is CCOC(=O)CCc1cccnc1C(=O)O. The Bertz CT molecular complexity index is 389. The van der Waals surface area contributed by atoms with E-state index in [1.807, 2.05) is 0 Å². The molecule has 0 atom stereocenters. The van der Waals surface area contributed by atoms with Crippen LogP contribution in [0.15, 0.2) is 18.3 Å². The van der Waals surface area contributed by atoms with Gasteiger partial charge in [-0.1, -0.05) is 6.07 Å². The Morgan fingerprint density at radius 2 is 2.25 bits per heavy atom. The average Bonchev–Trinajstić information content (AvgIpc) is 2.27. The van der Waals surface area contributed by atoms with Gasteiger partial charge in [0.25, 0.3) is 0 Å². The van der Waals surface area contributed by atoms with Crippen molar-refractivity contribution in [3.8, 4) is 0 Å². The summed E-state index contributed by atoms with van der Waals surface area (Å²) in [5.41, 5.74) is 0.537. The van der Waals surface area contributed by atoms with Crippen LogP contribution >= 0.6 is 0 Å². The number of carbonyl (C=O) groups excluding carboxylic acids is 1. The topological polar surface area (TPSA) is 76.5 Å². The Kier molecular flexibility index (Phi) is 4.44. The number of hydrogen-bond donors (Lipinski definition) is 1. The van der Waals surface area contributed by atoms with E-state index >= 15 is 0 Å². The number of hydrogen-bond acceptors (Lipinski definition) is 4. The van der Waals surface area contributed by atoms with Crippen molar-refractivity contribution in [3.63, 3.8) is 0 Å². The van der Waals surface area contributed by atoms with Gasteiger partial charge in [0.15, 0.2) is 5.69 Å². The molecule has 0 aliphatic rings. The maximum absolute atomic E-state index is 11.1. The van der Waals surface area contributed by atoms with E-state index < -0.39 is 5.97 Å². The van der Waals surface area contributed by atoms with Crippen LogP contribution in [0.3, 0.4) is 0 Å². The van der Waals surface area contributed by atoms with Gasteiger partial charge in [0.05, 0.1) is 6.61 Å². The first-order valence-corrected chi connectivity index (χ1v) is 4.98. The number of aryl methyl sites for hydroxylation is 1. The summed E-state index contributed by atoms with van der Waals surface area (Å²) in [6.07, 6.45) is 1.91. The van der Waals surface area contributed by atoms with Crippen LogP contribution in [-0.4, -0.2) is 28.6 Å². The molecular formula is C11H13NO4. The molecule has 1 aromatic rings. The first-order valence-electron chi connectivity index (χ1n) is 4.98. The molecule has 1 rings (SSSR count). The highest BCUT2D eigenvalue weighted by Gasteiger charge is 2.12. The Hall–Kier alpha value is -1.91. The van der Waals surface area contributed by atoms with Crippen LogP contribution in [0, 0.1) is 0 Å². The summed E-state index contributed by atoms with van der Waals surface area (Å²) < 4.78 is 4.76. The van der Waals surface area contributed by atoms with Crippen molar-refractivity contribution in [2.45, 2.75) is 19.8 Å². The van der Waals surface area contributed by atoms with Crippen molar-refractivity contribution >= 4 is 11.9 Å². The van der Waals surface area contributed by atoms with E-state index in [1.54, 1.807) is 19.1 Å². The van der Waals surface area contributed by atoms with Crippen LogP contribution in [0.4, 0.5) is 0 Å². The van der Waals surface area contributed by atoms with Gasteiger partial charge in [-0.05, 0) is 25.0 Å². The molecule has 0 unspecified atom stereocenters. The highest BCUT2D eigenvalue weighted by atomic mass is 16.5. The number of carboxylic acids is 1. The van der Waals surface area contributed by atoms with Crippen molar-refractivity contribution in [2.24, 2.45) is 0 Å². The Labute approximate surface area is 93.1 Å². The highest BCUT2D eigenvalue weighted by Crippen LogP contribution is 2.08. The number of carbonyl (C=O) groups is 2. The Morgan fingerprint density at radius 3 is 2.88 bits per heavy atom. The van der Waals surface area contributed by atoms with Crippen LogP contribution in [0.5, 0.6) is 0 Å². The molecule has 0 aliphatic carbocycles. The van der Waals surface area contributed by atoms with Gasteiger partial charge in [-0.25, -0.2) is 9.78 Å². The third kappa shape index (κ3) is 3.34. The summed E-state index contributed by atoms with van der Waals surface area (Å²) in [6.45, 7) is 2.06. The van der Waals surface area contributed by atoms with E-state index in [0.717, 1.165) is 0 Å². The smallest absolute Gasteiger partial charge is 0.354 e. The molecule has 1 heterocycles. The Balaban J connectivity index is 2.66. The Morgan fingerprint density at radius 1 is 1.50 bits per heavy atom. The predicted octanol–water partition coefficient (Wildman–Crippen LogP) is 1.28. The number of ether oxygens (including phenoxy) is 1. The number of aromatic carboxylic acids is 1. The van der Waals surface area contributed by atoms with Gasteiger partial charge in [0, 0.05) is 12.6 Å². The zero-order chi connectivity index (χ0) is 12.0. The van der Waals surface area contributed by atoms with Crippen molar-refractivity contribution in [3.05, 3.63) is 29.6 Å². The van der Waals surface area contributed by atoms with Crippen molar-refractivity contribution in [1.29, 1.82) is 0 Å². The van der Waals surface area contributed by atoms with E-state index in [2.05, 4.69) is 4.98 Å². The molecule has 0 spiro atoms. The molecule has 86 valence electrons. The summed E-state index contributed by atoms with van der Waals surface area (Å²) in [5.74, 6) is -1.41. The standard InChI is InChI=1S/C11H13NO4/c1-2-16-9(13)6-5-8-4-3-7-12-10(8)11(14)15/h3-4,7H,2,5-6H2,1H3,(H,14,15). The number of aromatic nitrogens is 1. The van der Waals surface area contributed by atoms with Crippen LogP contribution in [0.1, 0.15) is 29.4 Å². The first kappa shape index (κ1) is 12.2. The molecular weight excluding hydrogens is 210 g/mol. The molecule has 0 bridgehead atoms. The monoisotopic (exact) mass is 223 g/mol. The zero-order valence-corrected chi connectivity index (χ0v) is 8.97. The number of nitrogens with zero attached hydrogens (tertiary/aromatic N) is 1. The molecule has 0 saturated carbocycles. The lowest BCUT2D eigenvalue weighted by molar-refractivity contribution is -0.143. The molecule has 1 aromatic heterocycles. The number of rotatable bonds is 5. The normalized spacial score (nSPS) is 9.81. The maximum Gasteiger partial charge on any atom is 0.354 e. The van der Waals surface area contributed by atoms with Crippen LogP contribution in [0.25, 0.3) is 0 Å². The van der Waals surface area contributed by atoms with Crippen molar-refractivity contribution in [1.82, 2.24) is 4.98 Å². The minimum absolute atomic E-state index is 0.00759. The maximum atomic E-state index is 11.1. The second-order valence-electron chi connectivity index (χ2n) is 3.12. The summed E-state index contributed by atoms with van der Waals surface area (Å²) in [5, 5.41) is 8.86. The largest absolute Gasteiger partial charge is 0.477 e. The van der Waals surface area contributed by atoms with Crippen LogP contribution in [-0.2, 0) is 16.0 Å². The lowest BCUT2D eigenvalue weighted by Gasteiger charge is -2.04. The summed E-state index contributed by atoms with van der Waals surface area (Å²) >= 11 is 0. The molecule has 0 aliphatic heterocycles. The molecule has 0 saturated heterocycles. The number of pyridine rings is 1. The van der Waals surface area contributed by atoms with E-state index in [9.17, 15) is 9.59 Å². The summed E-state index contributed by atoms with van der Waals surface area (Å²) in [7, 11) is 0. The fourth-order valence-corrected chi connectivity index (χ4v) is 1.30. The predicted molar refractivity (Wildman–Crippen MR) is 56.2 cm³/mol. The number of carboxylic acid groups (broad SMARTS) is 1. The van der Waals surface area contributed by atoms with Crippen LogP contribution < -0.4 is 0 Å². The van der Waals surface area contributed by atoms with Crippen LogP contribution in [0.2, 0.25) is 0 Å². The third-order valence-corrected chi connectivity index (χ3v) is 2.00. The second kappa shape index (κ2) is 5.85. The second-order valence-corrected chi connectivity index (χ2v) is 3.12. The highest BCUT2D eigenvalue weighted by molar-refractivity contribution is 5.87. The van der Waals surface area contributed by atoms with Gasteiger partial charge in [0.2, 0.25) is 0 Å². The molecule has 0 amide bonds. The molecule has 0 radical (unpaired) electrons. The number of esters is 1. The summed E-state index contributed by atoms with van der Waals surface area (Å²) in [6, 6.07) is 3.29. The van der Waals surface area contributed by atoms with E-state index in [0.29, 0.717) is 18.6 Å². The first-order chi connectivity index (χ1) is 7.65. The molecule has 0 aromatic carbocycles. The molecule has 5 heteroatoms. The van der Waals surface area contributed by atoms with Gasteiger partial charge >= 0.3 is 11.9 Å². The lowest BCUT2D eigenvalue weighted by Crippen LogP contribution is -2.09. The van der Waals surface area contributed by atoms with E-state index in [4.69, 9.17) is 9.84 Å². The van der Waals surface area contributed by atoms with E-state index in [1.165, 1.54) is 6.20 Å². The van der Waals surface area contributed by atoms with Crippen molar-refractivity contribution in [2.75, 3.05) is 6.61 Å².